The third-order valence-corrected chi connectivity index (χ3v) is 2.94. The highest BCUT2D eigenvalue weighted by Gasteiger charge is 2.16. The molecule has 0 aliphatic rings. The smallest absolute Gasteiger partial charge is 0.237 e. The van der Waals surface area contributed by atoms with Crippen molar-refractivity contribution in [3.63, 3.8) is 0 Å². The van der Waals surface area contributed by atoms with Gasteiger partial charge in [0.1, 0.15) is 0 Å². The first-order valence-corrected chi connectivity index (χ1v) is 7.03. The molecular weight excluding hydrogens is 212 g/mol. The number of carbonyl (C=O) groups excluding carboxylic acids is 1. The van der Waals surface area contributed by atoms with Gasteiger partial charge in [0, 0.05) is 6.04 Å². The lowest BCUT2D eigenvalue weighted by Gasteiger charge is -2.18. The minimum absolute atomic E-state index is 0.00157. The molecule has 0 radical (unpaired) electrons. The summed E-state index contributed by atoms with van der Waals surface area (Å²) in [4.78, 5) is 11.7. The maximum atomic E-state index is 11.7. The molecule has 0 bridgehead atoms. The molecular formula is C14H30N2O. The summed E-state index contributed by atoms with van der Waals surface area (Å²) in [6.07, 6.45) is 6.80. The Kier molecular flexibility index (Phi) is 9.14. The number of hydrogen-bond donors (Lipinski definition) is 2. The zero-order valence-corrected chi connectivity index (χ0v) is 12.0. The van der Waals surface area contributed by atoms with Crippen LogP contribution in [0.5, 0.6) is 0 Å². The molecule has 1 amide bonds. The Morgan fingerprint density at radius 2 is 1.82 bits per heavy atom. The topological polar surface area (TPSA) is 55.1 Å². The largest absolute Gasteiger partial charge is 0.352 e. The van der Waals surface area contributed by atoms with Gasteiger partial charge in [0.25, 0.3) is 0 Å². The maximum Gasteiger partial charge on any atom is 0.237 e. The molecule has 0 aliphatic carbocycles. The van der Waals surface area contributed by atoms with E-state index in [1.54, 1.807) is 0 Å². The molecule has 3 heteroatoms. The fourth-order valence-corrected chi connectivity index (χ4v) is 1.91. The lowest BCUT2D eigenvalue weighted by Crippen LogP contribution is -2.44. The predicted molar refractivity (Wildman–Crippen MR) is 73.8 cm³/mol. The summed E-state index contributed by atoms with van der Waals surface area (Å²) < 4.78 is 0. The van der Waals surface area contributed by atoms with Crippen LogP contribution in [-0.2, 0) is 4.79 Å². The average molecular weight is 242 g/mol. The summed E-state index contributed by atoms with van der Waals surface area (Å²) >= 11 is 0. The van der Waals surface area contributed by atoms with Gasteiger partial charge in [-0.3, -0.25) is 4.79 Å². The Hall–Kier alpha value is -0.570. The van der Waals surface area contributed by atoms with Gasteiger partial charge in [-0.15, -0.1) is 0 Å². The first-order chi connectivity index (χ1) is 7.97. The lowest BCUT2D eigenvalue weighted by molar-refractivity contribution is -0.123. The van der Waals surface area contributed by atoms with E-state index in [0.717, 1.165) is 12.8 Å². The van der Waals surface area contributed by atoms with Crippen LogP contribution in [0.1, 0.15) is 66.2 Å². The van der Waals surface area contributed by atoms with Gasteiger partial charge in [-0.25, -0.2) is 0 Å². The van der Waals surface area contributed by atoms with Crippen LogP contribution >= 0.6 is 0 Å². The first kappa shape index (κ1) is 16.4. The lowest BCUT2D eigenvalue weighted by atomic mass is 10.0. The minimum atomic E-state index is -0.354. The van der Waals surface area contributed by atoms with Crippen molar-refractivity contribution in [3.05, 3.63) is 0 Å². The molecule has 0 aromatic rings. The van der Waals surface area contributed by atoms with E-state index in [1.807, 2.05) is 0 Å². The van der Waals surface area contributed by atoms with Crippen molar-refractivity contribution in [1.82, 2.24) is 5.32 Å². The Bertz CT molecular complexity index is 204. The van der Waals surface area contributed by atoms with Crippen LogP contribution in [0, 0.1) is 5.92 Å². The Morgan fingerprint density at radius 1 is 1.18 bits per heavy atom. The molecule has 17 heavy (non-hydrogen) atoms. The summed E-state index contributed by atoms with van der Waals surface area (Å²) in [5.74, 6) is 0.470. The SMILES string of the molecule is CCCCCCC(C)NC(=O)C(N)CC(C)C. The predicted octanol–water partition coefficient (Wildman–Crippen LogP) is 2.83. The Morgan fingerprint density at radius 3 is 2.35 bits per heavy atom. The van der Waals surface area contributed by atoms with Crippen LogP contribution in [0.2, 0.25) is 0 Å². The molecule has 0 fully saturated rings. The molecule has 0 aromatic heterocycles. The van der Waals surface area contributed by atoms with Gasteiger partial charge in [0.2, 0.25) is 5.91 Å². The minimum Gasteiger partial charge on any atom is -0.352 e. The molecule has 0 rings (SSSR count). The summed E-state index contributed by atoms with van der Waals surface area (Å²) in [5.41, 5.74) is 5.83. The number of unbranched alkanes of at least 4 members (excludes halogenated alkanes) is 3. The molecule has 0 heterocycles. The van der Waals surface area contributed by atoms with E-state index in [1.165, 1.54) is 25.7 Å². The van der Waals surface area contributed by atoms with Crippen molar-refractivity contribution in [2.75, 3.05) is 0 Å². The third-order valence-electron chi connectivity index (χ3n) is 2.94. The quantitative estimate of drug-likeness (QED) is 0.611. The highest BCUT2D eigenvalue weighted by Crippen LogP contribution is 2.06. The van der Waals surface area contributed by atoms with Crippen LogP contribution in [0.25, 0.3) is 0 Å². The summed E-state index contributed by atoms with van der Waals surface area (Å²) in [7, 11) is 0. The van der Waals surface area contributed by atoms with Gasteiger partial charge in [0.15, 0.2) is 0 Å². The zero-order valence-electron chi connectivity index (χ0n) is 12.0. The van der Waals surface area contributed by atoms with Crippen molar-refractivity contribution in [2.45, 2.75) is 78.3 Å². The molecule has 0 saturated heterocycles. The second kappa shape index (κ2) is 9.46. The fraction of sp³-hybridized carbons (Fsp3) is 0.929. The number of hydrogen-bond acceptors (Lipinski definition) is 2. The normalized spacial score (nSPS) is 14.7. The highest BCUT2D eigenvalue weighted by molar-refractivity contribution is 5.81. The number of amides is 1. The van der Waals surface area contributed by atoms with Gasteiger partial charge in [-0.05, 0) is 25.7 Å². The fourth-order valence-electron chi connectivity index (χ4n) is 1.91. The summed E-state index contributed by atoms with van der Waals surface area (Å²) in [5, 5.41) is 3.00. The average Bonchev–Trinajstić information content (AvgIpc) is 2.23. The third kappa shape index (κ3) is 9.16. The Labute approximate surface area is 107 Å². The van der Waals surface area contributed by atoms with E-state index in [2.05, 4.69) is 33.0 Å². The Balaban J connectivity index is 3.71. The molecule has 0 aliphatic heterocycles. The van der Waals surface area contributed by atoms with Crippen molar-refractivity contribution in [2.24, 2.45) is 11.7 Å². The molecule has 3 N–H and O–H groups in total. The van der Waals surface area contributed by atoms with E-state index in [9.17, 15) is 4.79 Å². The number of nitrogens with two attached hydrogens (primary N) is 1. The van der Waals surface area contributed by atoms with Crippen LogP contribution in [0.4, 0.5) is 0 Å². The molecule has 102 valence electrons. The van der Waals surface area contributed by atoms with Crippen LogP contribution in [0.15, 0.2) is 0 Å². The monoisotopic (exact) mass is 242 g/mol. The van der Waals surface area contributed by atoms with Gasteiger partial charge in [0.05, 0.1) is 6.04 Å². The second-order valence-electron chi connectivity index (χ2n) is 5.50. The van der Waals surface area contributed by atoms with E-state index in [0.29, 0.717) is 5.92 Å². The van der Waals surface area contributed by atoms with E-state index >= 15 is 0 Å². The molecule has 3 nitrogen and oxygen atoms in total. The summed E-state index contributed by atoms with van der Waals surface area (Å²) in [6, 6.07) is -0.106. The van der Waals surface area contributed by atoms with Crippen LogP contribution in [-0.4, -0.2) is 18.0 Å². The van der Waals surface area contributed by atoms with E-state index in [-0.39, 0.29) is 18.0 Å². The zero-order chi connectivity index (χ0) is 13.3. The van der Waals surface area contributed by atoms with Crippen LogP contribution < -0.4 is 11.1 Å². The van der Waals surface area contributed by atoms with Crippen molar-refractivity contribution >= 4 is 5.91 Å². The number of nitrogens with one attached hydrogen (secondary N) is 1. The van der Waals surface area contributed by atoms with E-state index < -0.39 is 0 Å². The number of rotatable bonds is 9. The van der Waals surface area contributed by atoms with Crippen LogP contribution in [0.3, 0.4) is 0 Å². The molecule has 0 spiro atoms. The molecule has 2 unspecified atom stereocenters. The van der Waals surface area contributed by atoms with Gasteiger partial charge >= 0.3 is 0 Å². The van der Waals surface area contributed by atoms with Gasteiger partial charge in [-0.1, -0.05) is 46.5 Å². The molecule has 2 atom stereocenters. The van der Waals surface area contributed by atoms with Crippen molar-refractivity contribution in [3.8, 4) is 0 Å². The van der Waals surface area contributed by atoms with Gasteiger partial charge < -0.3 is 11.1 Å². The summed E-state index contributed by atoms with van der Waals surface area (Å²) in [6.45, 7) is 8.44. The van der Waals surface area contributed by atoms with E-state index in [4.69, 9.17) is 5.73 Å². The maximum absolute atomic E-state index is 11.7. The second-order valence-corrected chi connectivity index (χ2v) is 5.50. The first-order valence-electron chi connectivity index (χ1n) is 7.03. The van der Waals surface area contributed by atoms with Gasteiger partial charge in [-0.2, -0.15) is 0 Å². The standard InChI is InChI=1S/C14H30N2O/c1-5-6-7-8-9-12(4)16-14(17)13(15)10-11(2)3/h11-13H,5-10,15H2,1-4H3,(H,16,17). The highest BCUT2D eigenvalue weighted by atomic mass is 16.2. The number of carbonyl (C=O) groups is 1. The van der Waals surface area contributed by atoms with Crippen molar-refractivity contribution in [1.29, 1.82) is 0 Å². The molecule has 0 saturated carbocycles. The van der Waals surface area contributed by atoms with Crippen molar-refractivity contribution < 1.29 is 4.79 Å². The molecule has 0 aromatic carbocycles.